The van der Waals surface area contributed by atoms with Gasteiger partial charge in [0.15, 0.2) is 0 Å². The van der Waals surface area contributed by atoms with Crippen molar-refractivity contribution in [3.05, 3.63) is 23.8 Å². The minimum absolute atomic E-state index is 0.380. The summed E-state index contributed by atoms with van der Waals surface area (Å²) >= 11 is 0. The van der Waals surface area contributed by atoms with Crippen LogP contribution >= 0.6 is 0 Å². The van der Waals surface area contributed by atoms with Gasteiger partial charge >= 0.3 is 18.0 Å². The topological polar surface area (TPSA) is 142 Å². The van der Waals surface area contributed by atoms with Gasteiger partial charge in [-0.1, -0.05) is 6.07 Å². The number of urea groups is 1. The van der Waals surface area contributed by atoms with Crippen LogP contribution in [0, 0.1) is 6.92 Å². The molecule has 0 aromatic heterocycles. The zero-order valence-electron chi connectivity index (χ0n) is 10.7. The van der Waals surface area contributed by atoms with Crippen molar-refractivity contribution in [2.24, 2.45) is 0 Å². The van der Waals surface area contributed by atoms with E-state index in [1.54, 1.807) is 19.1 Å². The zero-order valence-corrected chi connectivity index (χ0v) is 10.7. The van der Waals surface area contributed by atoms with E-state index in [9.17, 15) is 14.4 Å². The first-order chi connectivity index (χ1) is 9.29. The summed E-state index contributed by atoms with van der Waals surface area (Å²) in [6.45, 7) is 1.80. The van der Waals surface area contributed by atoms with Gasteiger partial charge in [0.1, 0.15) is 6.04 Å². The van der Waals surface area contributed by atoms with Crippen LogP contribution in [0.5, 0.6) is 0 Å². The molecule has 0 aliphatic carbocycles. The van der Waals surface area contributed by atoms with Crippen molar-refractivity contribution in [3.63, 3.8) is 0 Å². The minimum atomic E-state index is -1.50. The Morgan fingerprint density at radius 3 is 2.45 bits per heavy atom. The first-order valence-corrected chi connectivity index (χ1v) is 5.68. The quantitative estimate of drug-likeness (QED) is 0.501. The summed E-state index contributed by atoms with van der Waals surface area (Å²) in [6, 6.07) is 2.48. The molecule has 1 aromatic rings. The van der Waals surface area contributed by atoms with E-state index in [0.29, 0.717) is 11.4 Å². The van der Waals surface area contributed by atoms with Gasteiger partial charge in [0.25, 0.3) is 0 Å². The maximum absolute atomic E-state index is 11.6. The summed E-state index contributed by atoms with van der Waals surface area (Å²) in [5.41, 5.74) is 7.36. The van der Waals surface area contributed by atoms with Gasteiger partial charge in [-0.05, 0) is 24.6 Å². The molecule has 0 unspecified atom stereocenters. The number of amides is 2. The van der Waals surface area contributed by atoms with Crippen LogP contribution in [0.1, 0.15) is 12.0 Å². The molecule has 8 heteroatoms. The fourth-order valence-corrected chi connectivity index (χ4v) is 1.42. The standard InChI is InChI=1S/C12H15N3O5/c1-6-2-3-7(4-8(6)13)14-12(20)15-9(11(18)19)5-10(16)17/h2-4,9H,5,13H2,1H3,(H,16,17)(H,18,19)(H2,14,15,20)/t9-/m0/s1. The lowest BCUT2D eigenvalue weighted by Crippen LogP contribution is -2.44. The number of hydrogen-bond acceptors (Lipinski definition) is 4. The highest BCUT2D eigenvalue weighted by molar-refractivity contribution is 5.93. The number of nitrogens with one attached hydrogen (secondary N) is 2. The lowest BCUT2D eigenvalue weighted by molar-refractivity contribution is -0.145. The molecule has 0 heterocycles. The van der Waals surface area contributed by atoms with Crippen molar-refractivity contribution in [3.8, 4) is 0 Å². The minimum Gasteiger partial charge on any atom is -0.481 e. The number of anilines is 2. The van der Waals surface area contributed by atoms with Gasteiger partial charge in [-0.25, -0.2) is 9.59 Å². The Bertz CT molecular complexity index is 544. The van der Waals surface area contributed by atoms with E-state index < -0.39 is 30.4 Å². The monoisotopic (exact) mass is 281 g/mol. The Morgan fingerprint density at radius 2 is 1.95 bits per heavy atom. The number of aliphatic carboxylic acids is 2. The molecule has 8 nitrogen and oxygen atoms in total. The summed E-state index contributed by atoms with van der Waals surface area (Å²) in [5, 5.41) is 21.8. The third-order valence-electron chi connectivity index (χ3n) is 2.52. The van der Waals surface area contributed by atoms with Crippen molar-refractivity contribution >= 4 is 29.3 Å². The largest absolute Gasteiger partial charge is 0.481 e. The third kappa shape index (κ3) is 4.48. The molecule has 0 bridgehead atoms. The summed E-state index contributed by atoms with van der Waals surface area (Å²) in [6.07, 6.45) is -0.710. The van der Waals surface area contributed by atoms with Gasteiger partial charge in [-0.2, -0.15) is 0 Å². The Labute approximate surface area is 114 Å². The van der Waals surface area contributed by atoms with Gasteiger partial charge in [-0.15, -0.1) is 0 Å². The fraction of sp³-hybridized carbons (Fsp3) is 0.250. The van der Waals surface area contributed by atoms with Gasteiger partial charge in [0.2, 0.25) is 0 Å². The number of carbonyl (C=O) groups is 3. The van der Waals surface area contributed by atoms with Gasteiger partial charge < -0.3 is 26.6 Å². The zero-order chi connectivity index (χ0) is 15.3. The van der Waals surface area contributed by atoms with E-state index in [2.05, 4.69) is 10.6 Å². The van der Waals surface area contributed by atoms with E-state index in [-0.39, 0.29) is 0 Å². The molecule has 1 aromatic carbocycles. The maximum atomic E-state index is 11.6. The molecule has 0 aliphatic heterocycles. The molecule has 6 N–H and O–H groups in total. The molecule has 0 saturated heterocycles. The van der Waals surface area contributed by atoms with Crippen LogP contribution in [0.2, 0.25) is 0 Å². The van der Waals surface area contributed by atoms with E-state index >= 15 is 0 Å². The first kappa shape index (κ1) is 15.3. The van der Waals surface area contributed by atoms with Crippen molar-refractivity contribution in [1.82, 2.24) is 5.32 Å². The third-order valence-corrected chi connectivity index (χ3v) is 2.52. The van der Waals surface area contributed by atoms with Crippen molar-refractivity contribution in [2.75, 3.05) is 11.1 Å². The lowest BCUT2D eigenvalue weighted by Gasteiger charge is -2.13. The van der Waals surface area contributed by atoms with Gasteiger partial charge in [-0.3, -0.25) is 4.79 Å². The number of carbonyl (C=O) groups excluding carboxylic acids is 1. The molecule has 0 radical (unpaired) electrons. The molecule has 0 fully saturated rings. The summed E-state index contributed by atoms with van der Waals surface area (Å²) < 4.78 is 0. The Kier molecular flexibility index (Phi) is 4.90. The predicted molar refractivity (Wildman–Crippen MR) is 71.4 cm³/mol. The highest BCUT2D eigenvalue weighted by Crippen LogP contribution is 2.16. The molecule has 0 aliphatic rings. The van der Waals surface area contributed by atoms with Gasteiger partial charge in [0.05, 0.1) is 6.42 Å². The Morgan fingerprint density at radius 1 is 1.30 bits per heavy atom. The van der Waals surface area contributed by atoms with E-state index in [1.807, 2.05) is 0 Å². The second-order valence-electron chi connectivity index (χ2n) is 4.16. The van der Waals surface area contributed by atoms with Crippen molar-refractivity contribution in [2.45, 2.75) is 19.4 Å². The van der Waals surface area contributed by atoms with E-state index in [4.69, 9.17) is 15.9 Å². The van der Waals surface area contributed by atoms with E-state index in [1.165, 1.54) is 6.07 Å². The van der Waals surface area contributed by atoms with Crippen LogP contribution in [-0.2, 0) is 9.59 Å². The first-order valence-electron chi connectivity index (χ1n) is 5.68. The Balaban J connectivity index is 2.67. The summed E-state index contributed by atoms with van der Waals surface area (Å²) in [7, 11) is 0. The molecule has 2 amide bonds. The Hall–Kier alpha value is -2.77. The lowest BCUT2D eigenvalue weighted by atomic mass is 10.2. The molecule has 0 spiro atoms. The van der Waals surface area contributed by atoms with E-state index in [0.717, 1.165) is 5.56 Å². The van der Waals surface area contributed by atoms with Crippen LogP contribution in [0.25, 0.3) is 0 Å². The SMILES string of the molecule is Cc1ccc(NC(=O)N[C@@H](CC(=O)O)C(=O)O)cc1N. The smallest absolute Gasteiger partial charge is 0.326 e. The molecule has 1 atom stereocenters. The number of aryl methyl sites for hydroxylation is 1. The van der Waals surface area contributed by atoms with Crippen LogP contribution < -0.4 is 16.4 Å². The number of rotatable bonds is 5. The number of nitrogens with two attached hydrogens (primary N) is 1. The molecule has 20 heavy (non-hydrogen) atoms. The maximum Gasteiger partial charge on any atom is 0.326 e. The van der Waals surface area contributed by atoms with Crippen LogP contribution in [-0.4, -0.2) is 34.2 Å². The van der Waals surface area contributed by atoms with Crippen LogP contribution in [0.15, 0.2) is 18.2 Å². The second-order valence-corrected chi connectivity index (χ2v) is 4.16. The van der Waals surface area contributed by atoms with Gasteiger partial charge in [0, 0.05) is 11.4 Å². The number of carboxylic acid groups (broad SMARTS) is 2. The predicted octanol–water partition coefficient (Wildman–Crippen LogP) is 0.627. The molecular weight excluding hydrogens is 266 g/mol. The molecule has 0 saturated carbocycles. The van der Waals surface area contributed by atoms with Crippen LogP contribution in [0.3, 0.4) is 0 Å². The molecule has 108 valence electrons. The number of carboxylic acids is 2. The number of benzene rings is 1. The molecular formula is C12H15N3O5. The summed E-state index contributed by atoms with van der Waals surface area (Å²) in [4.78, 5) is 32.9. The molecule has 1 rings (SSSR count). The van der Waals surface area contributed by atoms with Crippen molar-refractivity contribution < 1.29 is 24.6 Å². The second kappa shape index (κ2) is 6.41. The highest BCUT2D eigenvalue weighted by Gasteiger charge is 2.22. The van der Waals surface area contributed by atoms with Crippen molar-refractivity contribution in [1.29, 1.82) is 0 Å². The summed E-state index contributed by atoms with van der Waals surface area (Å²) in [5.74, 6) is -2.75. The average Bonchev–Trinajstić information content (AvgIpc) is 2.32. The van der Waals surface area contributed by atoms with Crippen LogP contribution in [0.4, 0.5) is 16.2 Å². The number of hydrogen-bond donors (Lipinski definition) is 5. The average molecular weight is 281 g/mol. The fourth-order valence-electron chi connectivity index (χ4n) is 1.42. The highest BCUT2D eigenvalue weighted by atomic mass is 16.4. The number of nitrogen functional groups attached to an aromatic ring is 1. The normalized spacial score (nSPS) is 11.4.